The van der Waals surface area contributed by atoms with Gasteiger partial charge in [0.05, 0.1) is 0 Å². The van der Waals surface area contributed by atoms with Gasteiger partial charge in [0.2, 0.25) is 0 Å². The van der Waals surface area contributed by atoms with Gasteiger partial charge in [-0.25, -0.2) is 0 Å². The van der Waals surface area contributed by atoms with Crippen LogP contribution in [0.3, 0.4) is 0 Å². The van der Waals surface area contributed by atoms with E-state index < -0.39 is 0 Å². The molecule has 171 valence electrons. The van der Waals surface area contributed by atoms with Crippen LogP contribution in [0.25, 0.3) is 5.32 Å². The van der Waals surface area contributed by atoms with Gasteiger partial charge in [0.25, 0.3) is 0 Å². The van der Waals surface area contributed by atoms with Crippen molar-refractivity contribution >= 4 is 22.8 Å². The average Bonchev–Trinajstić information content (AvgIpc) is 3.24. The molecule has 11 heteroatoms. The summed E-state index contributed by atoms with van der Waals surface area (Å²) >= 11 is 0. The molecule has 0 aromatic carbocycles. The van der Waals surface area contributed by atoms with Crippen LogP contribution in [0, 0.1) is 6.92 Å². The molecule has 0 aromatic rings. The van der Waals surface area contributed by atoms with Gasteiger partial charge < -0.3 is 37.8 Å². The Hall–Kier alpha value is -1.69. The molecule has 0 saturated carbocycles. The van der Waals surface area contributed by atoms with Gasteiger partial charge in [-0.1, -0.05) is 52.4 Å². The molecular formula is C18H35CoN5O5. The maximum Gasteiger partial charge on any atom is 2.00 e. The minimum atomic E-state index is 0. The van der Waals surface area contributed by atoms with Crippen molar-refractivity contribution in [3.05, 3.63) is 12.2 Å². The third-order valence-electron chi connectivity index (χ3n) is 3.80. The summed E-state index contributed by atoms with van der Waals surface area (Å²) in [4.78, 5) is 0. The maximum absolute atomic E-state index is 8.03. The van der Waals surface area contributed by atoms with E-state index in [0.717, 1.165) is 26.1 Å². The Bertz CT molecular complexity index is 427. The largest absolute Gasteiger partial charge is 2.00 e. The van der Waals surface area contributed by atoms with Crippen LogP contribution >= 0.6 is 0 Å². The summed E-state index contributed by atoms with van der Waals surface area (Å²) in [5.41, 5.74) is 1.25. The summed E-state index contributed by atoms with van der Waals surface area (Å²) in [7, 11) is 0. The molecular weight excluding hydrogens is 425 g/mol. The number of nitrogens with zero attached hydrogens (tertiary/aromatic N) is 5. The molecule has 1 atom stereocenters. The fourth-order valence-corrected chi connectivity index (χ4v) is 1.67. The van der Waals surface area contributed by atoms with Gasteiger partial charge in [0.1, 0.15) is 22.8 Å². The number of ether oxygens (including phenoxy) is 1. The van der Waals surface area contributed by atoms with Gasteiger partial charge in [-0.05, 0) is 34.1 Å². The molecule has 0 aliphatic carbocycles. The molecule has 0 amide bonds. The number of oxime groups is 4. The van der Waals surface area contributed by atoms with Crippen molar-refractivity contribution in [3.8, 4) is 0 Å². The van der Waals surface area contributed by atoms with E-state index in [0.29, 0.717) is 29.0 Å². The van der Waals surface area contributed by atoms with Crippen LogP contribution in [0.4, 0.5) is 0 Å². The van der Waals surface area contributed by atoms with Crippen LogP contribution in [0.1, 0.15) is 59.8 Å². The molecule has 0 bridgehead atoms. The second-order valence-electron chi connectivity index (χ2n) is 6.11. The summed E-state index contributed by atoms with van der Waals surface area (Å²) in [5, 5.41) is 47.4. The van der Waals surface area contributed by atoms with Crippen molar-refractivity contribution in [1.29, 1.82) is 0 Å². The van der Waals surface area contributed by atoms with Crippen molar-refractivity contribution in [2.75, 3.05) is 19.7 Å². The summed E-state index contributed by atoms with van der Waals surface area (Å²) in [6.07, 6.45) is 6.72. The molecule has 2 rings (SSSR count). The zero-order valence-electron chi connectivity index (χ0n) is 17.7. The molecule has 0 spiro atoms. The van der Waals surface area contributed by atoms with Crippen LogP contribution in [0.5, 0.6) is 0 Å². The van der Waals surface area contributed by atoms with E-state index in [1.54, 1.807) is 0 Å². The fourth-order valence-electron chi connectivity index (χ4n) is 1.67. The molecule has 0 aromatic heterocycles. The molecule has 1 unspecified atom stereocenters. The first-order valence-electron chi connectivity index (χ1n) is 9.17. The van der Waals surface area contributed by atoms with E-state index in [9.17, 15) is 0 Å². The summed E-state index contributed by atoms with van der Waals surface area (Å²) < 4.78 is 5.04. The zero-order chi connectivity index (χ0) is 21.8. The number of rotatable bonds is 2. The molecule has 1 radical (unpaired) electrons. The minimum Gasteiger partial charge on any atom is -0.662 e. The van der Waals surface area contributed by atoms with E-state index >= 15 is 0 Å². The second kappa shape index (κ2) is 22.6. The molecule has 2 saturated heterocycles. The summed E-state index contributed by atoms with van der Waals surface area (Å²) in [6.45, 7) is 13.0. The Kier molecular flexibility index (Phi) is 24.9. The molecule has 2 fully saturated rings. The normalized spacial score (nSPS) is 20.0. The van der Waals surface area contributed by atoms with E-state index in [4.69, 9.17) is 25.6 Å². The topological polar surface area (TPSA) is 154 Å². The number of hydrogen-bond acceptors (Lipinski definition) is 9. The van der Waals surface area contributed by atoms with Gasteiger partial charge in [0.15, 0.2) is 0 Å². The zero-order valence-corrected chi connectivity index (χ0v) is 18.7. The fraction of sp³-hybridized carbons (Fsp3) is 0.722. The third-order valence-corrected chi connectivity index (χ3v) is 3.80. The Balaban J connectivity index is -0.000000309. The van der Waals surface area contributed by atoms with Crippen LogP contribution in [-0.4, -0.2) is 69.5 Å². The van der Waals surface area contributed by atoms with Gasteiger partial charge in [-0.2, -0.15) is 0 Å². The van der Waals surface area contributed by atoms with E-state index in [2.05, 4.69) is 32.9 Å². The third kappa shape index (κ3) is 20.8. The molecule has 10 nitrogen and oxygen atoms in total. The first-order chi connectivity index (χ1) is 13.3. The minimum absolute atomic E-state index is 0. The first kappa shape index (κ1) is 32.0. The van der Waals surface area contributed by atoms with Crippen molar-refractivity contribution < 1.29 is 42.3 Å². The predicted octanol–water partition coefficient (Wildman–Crippen LogP) is 3.91. The van der Waals surface area contributed by atoms with Crippen molar-refractivity contribution in [2.45, 2.75) is 65.9 Å². The van der Waals surface area contributed by atoms with Gasteiger partial charge >= 0.3 is 16.8 Å². The Morgan fingerprint density at radius 2 is 1.14 bits per heavy atom. The number of piperidine rings is 1. The number of hydrogen-bond donors (Lipinski definition) is 4. The molecule has 29 heavy (non-hydrogen) atoms. The average molecular weight is 460 g/mol. The van der Waals surface area contributed by atoms with Crippen molar-refractivity contribution in [1.82, 2.24) is 0 Å². The summed E-state index contributed by atoms with van der Waals surface area (Å²) in [6, 6.07) is 0. The van der Waals surface area contributed by atoms with Crippen LogP contribution in [0.2, 0.25) is 0 Å². The monoisotopic (exact) mass is 460 g/mol. The molecule has 2 aliphatic rings. The standard InChI is InChI=1S/C5H10N.C5H9O.2C4H8N2O2.Co/c1-2-4-6-5-3-1;1-5-3-2-4-6-5;2*1-3(5-7)4(2)6-8;/h1-5H2;5H,1-4H2;2*7-8H,1-2H3;/q2*-1;;;+2/b;;2*5-3+,6-4+;. The van der Waals surface area contributed by atoms with Gasteiger partial charge in [-0.15, -0.1) is 13.1 Å². The van der Waals surface area contributed by atoms with E-state index in [-0.39, 0.29) is 16.8 Å². The van der Waals surface area contributed by atoms with Crippen molar-refractivity contribution in [2.24, 2.45) is 20.6 Å². The predicted molar refractivity (Wildman–Crippen MR) is 111 cm³/mol. The van der Waals surface area contributed by atoms with E-state index in [1.807, 2.05) is 0 Å². The smallest absolute Gasteiger partial charge is 0.662 e. The Morgan fingerprint density at radius 1 is 0.759 bits per heavy atom. The first-order valence-corrected chi connectivity index (χ1v) is 9.17. The Morgan fingerprint density at radius 3 is 1.24 bits per heavy atom. The van der Waals surface area contributed by atoms with Gasteiger partial charge in [0, 0.05) is 6.61 Å². The maximum atomic E-state index is 8.03. The molecule has 2 heterocycles. The molecule has 2 aliphatic heterocycles. The quantitative estimate of drug-likeness (QED) is 0.213. The van der Waals surface area contributed by atoms with Crippen molar-refractivity contribution in [3.63, 3.8) is 0 Å². The SMILES string of the molecule is C1CC[N-]CC1.CC(=N\O)/C(C)=N/O.CC(=N\O)/C(C)=N/O.[CH2-]C1CCCO1.[Co+2]. The Labute approximate surface area is 184 Å². The molecule has 4 N–H and O–H groups in total. The van der Waals surface area contributed by atoms with Crippen LogP contribution in [-0.2, 0) is 21.5 Å². The van der Waals surface area contributed by atoms with Crippen LogP contribution < -0.4 is 0 Å². The second-order valence-corrected chi connectivity index (χ2v) is 6.11. The summed E-state index contributed by atoms with van der Waals surface area (Å²) in [5.74, 6) is 0. The van der Waals surface area contributed by atoms with Gasteiger partial charge in [-0.3, -0.25) is 0 Å². The van der Waals surface area contributed by atoms with Crippen LogP contribution in [0.15, 0.2) is 20.6 Å². The van der Waals surface area contributed by atoms with E-state index in [1.165, 1.54) is 53.4 Å².